The third-order valence-corrected chi connectivity index (χ3v) is 21.5. The highest BCUT2D eigenvalue weighted by atomic mass is 15.2. The molecule has 0 unspecified atom stereocenters. The van der Waals surface area contributed by atoms with Crippen LogP contribution in [-0.2, 0) is 21.7 Å². The third-order valence-electron chi connectivity index (χ3n) is 21.5. The summed E-state index contributed by atoms with van der Waals surface area (Å²) in [5.41, 5.74) is 25.0. The minimum absolute atomic E-state index is 0.141. The standard InChI is InChI=1S/C92H79BN4/c1-89(2,3)62-46-63(90(4,5)6)49-68(48-62)96-84-53-74-59(37-35-56-25-19-21-31-70(56)74)41-78(84)93-79-42-60-38-36-57-26-20-22-32-71(57)75(60)54-85(79)97(69-50-64(91(7,8)9)47-65(51-69)92(10,11)12)87-45-61(44-86(96)88(87)93)58-39-40-73-77-52-76-72-33-23-24-34-80(72)94(66-27-15-13-16-28-66)82(76)55-83(77)95(81(73)43-58)67-29-17-14-18-30-67/h13-55H,1-12H3. The van der Waals surface area contributed by atoms with Crippen molar-refractivity contribution in [2.75, 3.05) is 9.80 Å². The summed E-state index contributed by atoms with van der Waals surface area (Å²) in [6, 6.07) is 101. The minimum atomic E-state index is -0.144. The zero-order chi connectivity index (χ0) is 66.3. The van der Waals surface area contributed by atoms with Crippen LogP contribution >= 0.6 is 0 Å². The van der Waals surface area contributed by atoms with Crippen molar-refractivity contribution in [3.05, 3.63) is 283 Å². The Labute approximate surface area is 569 Å². The number of aromatic nitrogens is 2. The molecule has 2 aromatic heterocycles. The molecule has 470 valence electrons. The average Bonchev–Trinajstić information content (AvgIpc) is 1.21. The van der Waals surface area contributed by atoms with E-state index in [1.54, 1.807) is 0 Å². The van der Waals surface area contributed by atoms with E-state index >= 15 is 0 Å². The normalized spacial score (nSPS) is 13.5. The summed E-state index contributed by atoms with van der Waals surface area (Å²) < 4.78 is 4.97. The molecule has 0 atom stereocenters. The molecule has 0 saturated carbocycles. The summed E-state index contributed by atoms with van der Waals surface area (Å²) in [5, 5.41) is 14.9. The lowest BCUT2D eigenvalue weighted by atomic mass is 9.33. The molecule has 5 heteroatoms. The molecule has 14 aromatic carbocycles. The maximum Gasteiger partial charge on any atom is 0.252 e. The SMILES string of the molecule is CC(C)(C)c1cc(N2c3cc4c(ccc5ccccc54)cc3B3c4cc5ccc6ccccc6c5cc4N(c4cc(C(C)(C)C)cc(C(C)(C)C)c4)c4cc(-c5ccc6c7cc8c9ccccc9n(-c9ccccc9)c8cc7n(-c7ccccc7)c6c5)cc2c43)cc(C(C)(C)C)c1. The van der Waals surface area contributed by atoms with E-state index in [2.05, 4.69) is 363 Å². The van der Waals surface area contributed by atoms with E-state index in [9.17, 15) is 0 Å². The fraction of sp³-hybridized carbons (Fsp3) is 0.174. The van der Waals surface area contributed by atoms with Crippen LogP contribution in [0.1, 0.15) is 105 Å². The van der Waals surface area contributed by atoms with Crippen LogP contribution in [-0.4, -0.2) is 15.8 Å². The second-order valence-corrected chi connectivity index (χ2v) is 31.9. The van der Waals surface area contributed by atoms with Gasteiger partial charge in [0.2, 0.25) is 0 Å². The summed E-state index contributed by atoms with van der Waals surface area (Å²) in [5.74, 6) is 0. The Kier molecular flexibility index (Phi) is 12.7. The molecule has 0 amide bonds. The minimum Gasteiger partial charge on any atom is -0.311 e. The van der Waals surface area contributed by atoms with Gasteiger partial charge in [-0.15, -0.1) is 0 Å². The molecule has 0 N–H and O–H groups in total. The van der Waals surface area contributed by atoms with E-state index in [4.69, 9.17) is 0 Å². The number of hydrogen-bond donors (Lipinski definition) is 0. The van der Waals surface area contributed by atoms with Crippen molar-refractivity contribution in [2.24, 2.45) is 0 Å². The van der Waals surface area contributed by atoms with Crippen molar-refractivity contribution in [3.63, 3.8) is 0 Å². The number of para-hydroxylation sites is 3. The van der Waals surface area contributed by atoms with Gasteiger partial charge in [-0.1, -0.05) is 247 Å². The molecule has 18 rings (SSSR count). The van der Waals surface area contributed by atoms with Crippen LogP contribution in [0.15, 0.2) is 261 Å². The molecular weight excluding hydrogens is 1170 g/mol. The van der Waals surface area contributed by atoms with Gasteiger partial charge in [0.1, 0.15) is 0 Å². The van der Waals surface area contributed by atoms with E-state index in [1.165, 1.54) is 154 Å². The Morgan fingerprint density at radius 1 is 0.237 bits per heavy atom. The quantitative estimate of drug-likeness (QED) is 0.126. The summed E-state index contributed by atoms with van der Waals surface area (Å²) in [7, 11) is 0. The molecule has 0 saturated heterocycles. The molecule has 4 heterocycles. The predicted octanol–water partition coefficient (Wildman–Crippen LogP) is 23.4. The number of nitrogens with zero attached hydrogens (tertiary/aromatic N) is 4. The number of benzene rings is 14. The first-order valence-electron chi connectivity index (χ1n) is 34.7. The zero-order valence-electron chi connectivity index (χ0n) is 57.7. The molecule has 0 spiro atoms. The fourth-order valence-corrected chi connectivity index (χ4v) is 16.3. The summed E-state index contributed by atoms with van der Waals surface area (Å²) in [6.07, 6.45) is 0. The van der Waals surface area contributed by atoms with Crippen LogP contribution in [0.25, 0.3) is 109 Å². The van der Waals surface area contributed by atoms with Gasteiger partial charge in [0, 0.05) is 67.0 Å². The lowest BCUT2D eigenvalue weighted by molar-refractivity contribution is 0.568. The Hall–Kier alpha value is -10.6. The Bertz CT molecular complexity index is 5700. The molecular formula is C92H79BN4. The van der Waals surface area contributed by atoms with Gasteiger partial charge in [-0.2, -0.15) is 0 Å². The van der Waals surface area contributed by atoms with Crippen molar-refractivity contribution in [3.8, 4) is 22.5 Å². The van der Waals surface area contributed by atoms with E-state index in [1.807, 2.05) is 0 Å². The summed E-state index contributed by atoms with van der Waals surface area (Å²) in [4.78, 5) is 5.39. The van der Waals surface area contributed by atoms with Crippen molar-refractivity contribution >= 4 is 144 Å². The topological polar surface area (TPSA) is 16.3 Å². The van der Waals surface area contributed by atoms with Crippen LogP contribution in [0, 0.1) is 0 Å². The zero-order valence-corrected chi connectivity index (χ0v) is 57.7. The predicted molar refractivity (Wildman–Crippen MR) is 419 cm³/mol. The van der Waals surface area contributed by atoms with Crippen LogP contribution in [0.3, 0.4) is 0 Å². The van der Waals surface area contributed by atoms with E-state index in [0.717, 1.165) is 28.0 Å². The molecule has 97 heavy (non-hydrogen) atoms. The Morgan fingerprint density at radius 3 is 1.09 bits per heavy atom. The van der Waals surface area contributed by atoms with Crippen LogP contribution in [0.2, 0.25) is 0 Å². The molecule has 0 bridgehead atoms. The van der Waals surface area contributed by atoms with Crippen molar-refractivity contribution in [2.45, 2.75) is 105 Å². The highest BCUT2D eigenvalue weighted by molar-refractivity contribution is 7.00. The number of hydrogen-bond acceptors (Lipinski definition) is 2. The van der Waals surface area contributed by atoms with E-state index in [-0.39, 0.29) is 28.4 Å². The van der Waals surface area contributed by atoms with Crippen LogP contribution in [0.4, 0.5) is 34.1 Å². The lowest BCUT2D eigenvalue weighted by Crippen LogP contribution is -2.61. The summed E-state index contributed by atoms with van der Waals surface area (Å²) >= 11 is 0. The fourth-order valence-electron chi connectivity index (χ4n) is 16.3. The van der Waals surface area contributed by atoms with Gasteiger partial charge in [0.05, 0.1) is 22.1 Å². The molecule has 4 nitrogen and oxygen atoms in total. The molecule has 0 aliphatic carbocycles. The number of fused-ring (bicyclic) bond motifs is 16. The smallest absolute Gasteiger partial charge is 0.252 e. The molecule has 0 fully saturated rings. The average molecular weight is 1250 g/mol. The molecule has 2 aliphatic rings. The Balaban J connectivity index is 1.000. The highest BCUT2D eigenvalue weighted by Gasteiger charge is 2.45. The van der Waals surface area contributed by atoms with E-state index in [0.29, 0.717) is 0 Å². The van der Waals surface area contributed by atoms with Gasteiger partial charge >= 0.3 is 0 Å². The van der Waals surface area contributed by atoms with Gasteiger partial charge in [-0.05, 0) is 212 Å². The maximum absolute atomic E-state index is 2.70. The van der Waals surface area contributed by atoms with E-state index < -0.39 is 0 Å². The van der Waals surface area contributed by atoms with Gasteiger partial charge in [0.15, 0.2) is 0 Å². The van der Waals surface area contributed by atoms with Gasteiger partial charge < -0.3 is 18.9 Å². The largest absolute Gasteiger partial charge is 0.311 e. The highest BCUT2D eigenvalue weighted by Crippen LogP contribution is 2.51. The van der Waals surface area contributed by atoms with Crippen molar-refractivity contribution in [1.82, 2.24) is 9.13 Å². The number of rotatable bonds is 5. The lowest BCUT2D eigenvalue weighted by Gasteiger charge is -2.45. The van der Waals surface area contributed by atoms with Crippen molar-refractivity contribution in [1.29, 1.82) is 0 Å². The molecule has 16 aromatic rings. The number of anilines is 6. The summed E-state index contributed by atoms with van der Waals surface area (Å²) in [6.45, 7) is 28.3. The van der Waals surface area contributed by atoms with Gasteiger partial charge in [-0.25, -0.2) is 0 Å². The Morgan fingerprint density at radius 2 is 0.629 bits per heavy atom. The molecule has 2 aliphatic heterocycles. The van der Waals surface area contributed by atoms with Crippen LogP contribution in [0.5, 0.6) is 0 Å². The van der Waals surface area contributed by atoms with Gasteiger partial charge in [0.25, 0.3) is 6.71 Å². The third kappa shape index (κ3) is 9.25. The first kappa shape index (κ1) is 58.9. The second-order valence-electron chi connectivity index (χ2n) is 31.9. The van der Waals surface area contributed by atoms with Gasteiger partial charge in [-0.3, -0.25) is 0 Å². The first-order chi connectivity index (χ1) is 46.6. The molecule has 0 radical (unpaired) electrons. The second kappa shape index (κ2) is 20.9. The maximum atomic E-state index is 2.70. The first-order valence-corrected chi connectivity index (χ1v) is 34.7. The van der Waals surface area contributed by atoms with Crippen molar-refractivity contribution < 1.29 is 0 Å². The van der Waals surface area contributed by atoms with Crippen LogP contribution < -0.4 is 26.2 Å². The monoisotopic (exact) mass is 1250 g/mol.